The molecular weight excluding hydrogens is 392 g/mol. The molecule has 30 heavy (non-hydrogen) atoms. The van der Waals surface area contributed by atoms with E-state index < -0.39 is 0 Å². The van der Waals surface area contributed by atoms with Gasteiger partial charge in [-0.3, -0.25) is 9.36 Å². The number of aromatic nitrogens is 2. The standard InChI is InChI=1S/C25H22N2O2S/c1-3-18-11-13-19(14-12-18)17-30-25-26-23-10-5-4-9-22(23)24(28)27(25)16-20-7-6-8-21(15-20)29-2/h3-15H,1,16-17H2,2H3. The van der Waals surface area contributed by atoms with E-state index in [0.29, 0.717) is 22.6 Å². The van der Waals surface area contributed by atoms with Crippen molar-refractivity contribution in [2.75, 3.05) is 7.11 Å². The zero-order valence-corrected chi connectivity index (χ0v) is 17.6. The Morgan fingerprint density at radius 1 is 1.03 bits per heavy atom. The van der Waals surface area contributed by atoms with E-state index in [9.17, 15) is 4.79 Å². The van der Waals surface area contributed by atoms with E-state index in [1.807, 2.05) is 66.7 Å². The minimum absolute atomic E-state index is 0.0343. The molecule has 4 nitrogen and oxygen atoms in total. The highest BCUT2D eigenvalue weighted by atomic mass is 32.2. The maximum Gasteiger partial charge on any atom is 0.262 e. The van der Waals surface area contributed by atoms with E-state index in [4.69, 9.17) is 9.72 Å². The van der Waals surface area contributed by atoms with E-state index in [1.54, 1.807) is 23.4 Å². The number of benzene rings is 3. The molecule has 4 aromatic rings. The van der Waals surface area contributed by atoms with Crippen LogP contribution in [0.4, 0.5) is 0 Å². The number of methoxy groups -OCH3 is 1. The predicted molar refractivity (Wildman–Crippen MR) is 124 cm³/mol. The van der Waals surface area contributed by atoms with Gasteiger partial charge in [0, 0.05) is 5.75 Å². The van der Waals surface area contributed by atoms with Crippen LogP contribution < -0.4 is 10.3 Å². The molecule has 0 aliphatic rings. The average Bonchev–Trinajstić information content (AvgIpc) is 2.80. The van der Waals surface area contributed by atoms with Crippen molar-refractivity contribution >= 4 is 28.7 Å². The van der Waals surface area contributed by atoms with Crippen molar-refractivity contribution in [2.24, 2.45) is 0 Å². The molecule has 0 N–H and O–H groups in total. The summed E-state index contributed by atoms with van der Waals surface area (Å²) in [7, 11) is 1.64. The molecule has 3 aromatic carbocycles. The lowest BCUT2D eigenvalue weighted by atomic mass is 10.1. The van der Waals surface area contributed by atoms with Crippen molar-refractivity contribution in [3.05, 3.63) is 106 Å². The lowest BCUT2D eigenvalue weighted by molar-refractivity contribution is 0.414. The molecule has 0 saturated heterocycles. The molecule has 1 heterocycles. The van der Waals surface area contributed by atoms with Crippen molar-refractivity contribution in [3.8, 4) is 5.75 Å². The monoisotopic (exact) mass is 414 g/mol. The predicted octanol–water partition coefficient (Wildman–Crippen LogP) is 5.39. The Morgan fingerprint density at radius 2 is 1.83 bits per heavy atom. The van der Waals surface area contributed by atoms with Gasteiger partial charge >= 0.3 is 0 Å². The van der Waals surface area contributed by atoms with Crippen molar-refractivity contribution in [2.45, 2.75) is 17.5 Å². The Bertz CT molecular complexity index is 1250. The van der Waals surface area contributed by atoms with Crippen LogP contribution in [0.5, 0.6) is 5.75 Å². The fourth-order valence-corrected chi connectivity index (χ4v) is 4.20. The Labute approximate surface area is 179 Å². The van der Waals surface area contributed by atoms with Crippen LogP contribution >= 0.6 is 11.8 Å². The van der Waals surface area contributed by atoms with Crippen LogP contribution in [0.3, 0.4) is 0 Å². The van der Waals surface area contributed by atoms with Gasteiger partial charge in [0.05, 0.1) is 24.6 Å². The van der Waals surface area contributed by atoms with Crippen LogP contribution in [0, 0.1) is 0 Å². The number of ether oxygens (including phenoxy) is 1. The summed E-state index contributed by atoms with van der Waals surface area (Å²) >= 11 is 1.57. The lowest BCUT2D eigenvalue weighted by Gasteiger charge is -2.14. The molecule has 0 aliphatic heterocycles. The summed E-state index contributed by atoms with van der Waals surface area (Å²) < 4.78 is 7.08. The second-order valence-corrected chi connectivity index (χ2v) is 7.83. The summed E-state index contributed by atoms with van der Waals surface area (Å²) in [4.78, 5) is 18.1. The topological polar surface area (TPSA) is 44.1 Å². The molecule has 0 atom stereocenters. The fourth-order valence-electron chi connectivity index (χ4n) is 3.25. The second-order valence-electron chi connectivity index (χ2n) is 6.89. The molecule has 0 spiro atoms. The van der Waals surface area contributed by atoms with Gasteiger partial charge in [-0.1, -0.05) is 72.9 Å². The summed E-state index contributed by atoms with van der Waals surface area (Å²) in [5, 5.41) is 1.33. The third kappa shape index (κ3) is 4.31. The number of rotatable bonds is 7. The smallest absolute Gasteiger partial charge is 0.262 e. The first-order valence-corrected chi connectivity index (χ1v) is 10.6. The van der Waals surface area contributed by atoms with Gasteiger partial charge in [-0.15, -0.1) is 0 Å². The van der Waals surface area contributed by atoms with Crippen molar-refractivity contribution in [3.63, 3.8) is 0 Å². The van der Waals surface area contributed by atoms with E-state index in [1.165, 1.54) is 5.56 Å². The van der Waals surface area contributed by atoms with Gasteiger partial charge in [0.25, 0.3) is 5.56 Å². The Hall–Kier alpha value is -3.31. The highest BCUT2D eigenvalue weighted by molar-refractivity contribution is 7.98. The van der Waals surface area contributed by atoms with Crippen LogP contribution in [-0.2, 0) is 12.3 Å². The Balaban J connectivity index is 1.71. The number of hydrogen-bond acceptors (Lipinski definition) is 4. The van der Waals surface area contributed by atoms with Crippen LogP contribution in [0.1, 0.15) is 16.7 Å². The number of para-hydroxylation sites is 1. The van der Waals surface area contributed by atoms with Crippen LogP contribution in [0.15, 0.2) is 89.3 Å². The van der Waals surface area contributed by atoms with E-state index >= 15 is 0 Å². The van der Waals surface area contributed by atoms with E-state index in [2.05, 4.69) is 18.7 Å². The Kier molecular flexibility index (Phi) is 6.00. The third-order valence-electron chi connectivity index (χ3n) is 4.88. The first kappa shape index (κ1) is 20.0. The second kappa shape index (κ2) is 9.01. The van der Waals surface area contributed by atoms with Gasteiger partial charge < -0.3 is 4.74 Å². The van der Waals surface area contributed by atoms with Crippen LogP contribution in [0.2, 0.25) is 0 Å². The zero-order chi connectivity index (χ0) is 20.9. The van der Waals surface area contributed by atoms with E-state index in [0.717, 1.165) is 22.6 Å². The minimum atomic E-state index is -0.0343. The fraction of sp³-hybridized carbons (Fsp3) is 0.120. The lowest BCUT2D eigenvalue weighted by Crippen LogP contribution is -2.24. The van der Waals surface area contributed by atoms with Crippen molar-refractivity contribution in [1.82, 2.24) is 9.55 Å². The molecule has 150 valence electrons. The molecule has 0 fully saturated rings. The first-order valence-electron chi connectivity index (χ1n) is 9.64. The summed E-state index contributed by atoms with van der Waals surface area (Å²) in [5.41, 5.74) is 3.93. The number of hydrogen-bond donors (Lipinski definition) is 0. The third-order valence-corrected chi connectivity index (χ3v) is 5.93. The van der Waals surface area contributed by atoms with Gasteiger partial charge in [0.2, 0.25) is 0 Å². The summed E-state index contributed by atoms with van der Waals surface area (Å²) in [5.74, 6) is 1.49. The van der Waals surface area contributed by atoms with Crippen LogP contribution in [-0.4, -0.2) is 16.7 Å². The van der Waals surface area contributed by atoms with Crippen molar-refractivity contribution in [1.29, 1.82) is 0 Å². The number of fused-ring (bicyclic) bond motifs is 1. The first-order chi connectivity index (χ1) is 14.7. The van der Waals surface area contributed by atoms with Gasteiger partial charge in [0.1, 0.15) is 5.75 Å². The summed E-state index contributed by atoms with van der Waals surface area (Å²) in [6, 6.07) is 23.5. The van der Waals surface area contributed by atoms with Crippen LogP contribution in [0.25, 0.3) is 17.0 Å². The molecule has 5 heteroatoms. The van der Waals surface area contributed by atoms with Gasteiger partial charge in [0.15, 0.2) is 5.16 Å². The summed E-state index contributed by atoms with van der Waals surface area (Å²) in [6.07, 6.45) is 1.83. The number of nitrogens with zero attached hydrogens (tertiary/aromatic N) is 2. The molecular formula is C25H22N2O2S. The van der Waals surface area contributed by atoms with Gasteiger partial charge in [-0.05, 0) is 41.0 Å². The molecule has 4 rings (SSSR count). The molecule has 0 bridgehead atoms. The molecule has 0 saturated carbocycles. The van der Waals surface area contributed by atoms with Crippen molar-refractivity contribution < 1.29 is 4.74 Å². The molecule has 0 radical (unpaired) electrons. The average molecular weight is 415 g/mol. The SMILES string of the molecule is C=Cc1ccc(CSc2nc3ccccc3c(=O)n2Cc2cccc(OC)c2)cc1. The molecule has 0 amide bonds. The highest BCUT2D eigenvalue weighted by Gasteiger charge is 2.12. The molecule has 0 aliphatic carbocycles. The zero-order valence-electron chi connectivity index (χ0n) is 16.7. The van der Waals surface area contributed by atoms with Gasteiger partial charge in [-0.2, -0.15) is 0 Å². The molecule has 1 aromatic heterocycles. The highest BCUT2D eigenvalue weighted by Crippen LogP contribution is 2.24. The largest absolute Gasteiger partial charge is 0.497 e. The molecule has 0 unspecified atom stereocenters. The van der Waals surface area contributed by atoms with E-state index in [-0.39, 0.29) is 5.56 Å². The minimum Gasteiger partial charge on any atom is -0.497 e. The quantitative estimate of drug-likeness (QED) is 0.300. The number of thioether (sulfide) groups is 1. The maximum absolute atomic E-state index is 13.3. The Morgan fingerprint density at radius 3 is 2.60 bits per heavy atom. The maximum atomic E-state index is 13.3. The normalized spacial score (nSPS) is 10.8. The summed E-state index contributed by atoms with van der Waals surface area (Å²) in [6.45, 7) is 4.23. The van der Waals surface area contributed by atoms with Gasteiger partial charge in [-0.25, -0.2) is 4.98 Å².